The molecule has 1 unspecified atom stereocenters. The van der Waals surface area contributed by atoms with Crippen LogP contribution in [0.1, 0.15) is 15.9 Å². The fraction of sp³-hybridized carbons (Fsp3) is 0.0952. The van der Waals surface area contributed by atoms with Gasteiger partial charge in [0.25, 0.3) is 11.6 Å². The van der Waals surface area contributed by atoms with Crippen molar-refractivity contribution in [3.63, 3.8) is 0 Å². The summed E-state index contributed by atoms with van der Waals surface area (Å²) in [6, 6.07) is 17.8. The molecule has 0 aromatic heterocycles. The van der Waals surface area contributed by atoms with Crippen LogP contribution in [-0.2, 0) is 10.8 Å². The number of nitro groups is 1. The minimum Gasteiger partial charge on any atom is -0.398 e. The monoisotopic (exact) mass is 409 g/mol. The summed E-state index contributed by atoms with van der Waals surface area (Å²) in [4.78, 5) is 25.7. The maximum absolute atomic E-state index is 13.3. The minimum atomic E-state index is -2.02. The molecule has 3 rings (SSSR count). The summed E-state index contributed by atoms with van der Waals surface area (Å²) in [6.45, 7) is 1.86. The zero-order chi connectivity index (χ0) is 21.1. The van der Waals surface area contributed by atoms with E-state index in [0.29, 0.717) is 5.69 Å². The number of benzene rings is 3. The van der Waals surface area contributed by atoms with Gasteiger partial charge in [-0.15, -0.1) is 0 Å². The van der Waals surface area contributed by atoms with Crippen LogP contribution in [0.2, 0.25) is 0 Å². The van der Waals surface area contributed by atoms with E-state index in [1.807, 2.05) is 19.1 Å². The van der Waals surface area contributed by atoms with Crippen LogP contribution < -0.4 is 10.6 Å². The number of para-hydroxylation sites is 2. The van der Waals surface area contributed by atoms with Crippen molar-refractivity contribution in [1.29, 1.82) is 0 Å². The number of carbonyl (C=O) groups excluding carboxylic acids is 1. The molecule has 7 nitrogen and oxygen atoms in total. The summed E-state index contributed by atoms with van der Waals surface area (Å²) in [7, 11) is -0.439. The topological polar surface area (TPSA) is 107 Å². The molecule has 3 aromatic rings. The van der Waals surface area contributed by atoms with E-state index in [0.717, 1.165) is 5.56 Å². The number of nitrogens with two attached hydrogens (primary N) is 1. The van der Waals surface area contributed by atoms with Gasteiger partial charge < -0.3 is 10.6 Å². The molecular formula is C21H19N3O4S. The highest BCUT2D eigenvalue weighted by molar-refractivity contribution is 7.85. The predicted octanol–water partition coefficient (Wildman–Crippen LogP) is 3.93. The first-order chi connectivity index (χ1) is 13.8. The molecule has 3 aromatic carbocycles. The summed E-state index contributed by atoms with van der Waals surface area (Å²) in [5, 5.41) is 11.6. The molecule has 0 aliphatic rings. The molecule has 148 valence electrons. The maximum Gasteiger partial charge on any atom is 0.286 e. The van der Waals surface area contributed by atoms with Gasteiger partial charge in [0.1, 0.15) is 4.90 Å². The van der Waals surface area contributed by atoms with Gasteiger partial charge >= 0.3 is 0 Å². The number of nitrogens with zero attached hydrogens (tertiary/aromatic N) is 2. The average Bonchev–Trinajstić information content (AvgIpc) is 2.72. The van der Waals surface area contributed by atoms with Crippen molar-refractivity contribution in [3.8, 4) is 0 Å². The Hall–Kier alpha value is -3.52. The molecule has 8 heteroatoms. The SMILES string of the molecule is Cc1ccccc1N(C)C(=O)c1cccc([N+](=O)[O-])c1S(=O)c1ccccc1N. The third-order valence-corrected chi connectivity index (χ3v) is 6.08. The molecule has 0 saturated heterocycles. The van der Waals surface area contributed by atoms with Gasteiger partial charge in [-0.05, 0) is 36.8 Å². The van der Waals surface area contributed by atoms with Gasteiger partial charge in [-0.1, -0.05) is 36.4 Å². The highest BCUT2D eigenvalue weighted by Gasteiger charge is 2.30. The molecule has 0 fully saturated rings. The highest BCUT2D eigenvalue weighted by Crippen LogP contribution is 2.33. The first-order valence-corrected chi connectivity index (χ1v) is 9.85. The summed E-state index contributed by atoms with van der Waals surface area (Å²) in [5.41, 5.74) is 7.27. The summed E-state index contributed by atoms with van der Waals surface area (Å²) < 4.78 is 13.3. The second-order valence-electron chi connectivity index (χ2n) is 6.37. The number of hydrogen-bond donors (Lipinski definition) is 1. The van der Waals surface area contributed by atoms with Gasteiger partial charge in [0.05, 0.1) is 26.2 Å². The molecule has 0 spiro atoms. The Morgan fingerprint density at radius 3 is 2.34 bits per heavy atom. The number of amides is 1. The molecule has 0 bridgehead atoms. The Balaban J connectivity index is 2.17. The number of rotatable bonds is 5. The molecule has 0 heterocycles. The lowest BCUT2D eigenvalue weighted by Crippen LogP contribution is -2.28. The summed E-state index contributed by atoms with van der Waals surface area (Å²) in [5.74, 6) is -0.499. The van der Waals surface area contributed by atoms with Crippen LogP contribution in [0.25, 0.3) is 0 Å². The molecular weight excluding hydrogens is 390 g/mol. The molecule has 2 N–H and O–H groups in total. The molecule has 1 atom stereocenters. The molecule has 0 saturated carbocycles. The van der Waals surface area contributed by atoms with Crippen LogP contribution in [-0.4, -0.2) is 22.1 Å². The van der Waals surface area contributed by atoms with E-state index < -0.39 is 27.3 Å². The van der Waals surface area contributed by atoms with Gasteiger partial charge in [-0.3, -0.25) is 14.9 Å². The Bertz CT molecular complexity index is 1130. The third kappa shape index (κ3) is 3.88. The van der Waals surface area contributed by atoms with Crippen LogP contribution in [0.15, 0.2) is 76.5 Å². The molecule has 0 aliphatic carbocycles. The van der Waals surface area contributed by atoms with Gasteiger partial charge in [0, 0.05) is 24.5 Å². The quantitative estimate of drug-likeness (QED) is 0.390. The number of hydrogen-bond acceptors (Lipinski definition) is 5. The van der Waals surface area contributed by atoms with Gasteiger partial charge in [0.2, 0.25) is 0 Å². The Morgan fingerprint density at radius 1 is 1.03 bits per heavy atom. The van der Waals surface area contributed by atoms with E-state index in [-0.39, 0.29) is 21.0 Å². The van der Waals surface area contributed by atoms with Gasteiger partial charge in [0.15, 0.2) is 0 Å². The first-order valence-electron chi connectivity index (χ1n) is 8.70. The van der Waals surface area contributed by atoms with Gasteiger partial charge in [-0.25, -0.2) is 4.21 Å². The number of nitrogen functional groups attached to an aromatic ring is 1. The van der Waals surface area contributed by atoms with Crippen molar-refractivity contribution < 1.29 is 13.9 Å². The maximum atomic E-state index is 13.3. The van der Waals surface area contributed by atoms with Crippen molar-refractivity contribution in [2.45, 2.75) is 16.7 Å². The summed E-state index contributed by atoms with van der Waals surface area (Å²) in [6.07, 6.45) is 0. The van der Waals surface area contributed by atoms with Crippen molar-refractivity contribution in [2.24, 2.45) is 0 Å². The highest BCUT2D eigenvalue weighted by atomic mass is 32.2. The van der Waals surface area contributed by atoms with Crippen LogP contribution in [0.3, 0.4) is 0 Å². The second kappa shape index (κ2) is 8.24. The first kappa shape index (κ1) is 20.2. The number of anilines is 2. The Morgan fingerprint density at radius 2 is 1.69 bits per heavy atom. The van der Waals surface area contributed by atoms with Crippen molar-refractivity contribution in [2.75, 3.05) is 17.7 Å². The van der Waals surface area contributed by atoms with Crippen LogP contribution in [0, 0.1) is 17.0 Å². The Kier molecular flexibility index (Phi) is 5.74. The molecule has 0 aliphatic heterocycles. The fourth-order valence-electron chi connectivity index (χ4n) is 3.02. The van der Waals surface area contributed by atoms with Crippen LogP contribution in [0.4, 0.5) is 17.1 Å². The summed E-state index contributed by atoms with van der Waals surface area (Å²) >= 11 is 0. The predicted molar refractivity (Wildman–Crippen MR) is 113 cm³/mol. The lowest BCUT2D eigenvalue weighted by Gasteiger charge is -2.21. The second-order valence-corrected chi connectivity index (χ2v) is 7.75. The number of carbonyl (C=O) groups is 1. The van der Waals surface area contributed by atoms with E-state index in [1.165, 1.54) is 29.2 Å². The zero-order valence-electron chi connectivity index (χ0n) is 15.9. The van der Waals surface area contributed by atoms with Gasteiger partial charge in [-0.2, -0.15) is 0 Å². The van der Waals surface area contributed by atoms with Crippen molar-refractivity contribution in [1.82, 2.24) is 0 Å². The standard InChI is InChI=1S/C21H19N3O4S/c1-14-8-3-5-11-17(14)23(2)21(25)15-9-7-12-18(24(26)27)20(15)29(28)19-13-6-4-10-16(19)22/h3-13H,22H2,1-2H3. The van der Waals surface area contributed by atoms with Crippen molar-refractivity contribution >= 4 is 33.8 Å². The van der Waals surface area contributed by atoms with E-state index >= 15 is 0 Å². The lowest BCUT2D eigenvalue weighted by molar-refractivity contribution is -0.387. The zero-order valence-corrected chi connectivity index (χ0v) is 16.7. The molecule has 0 radical (unpaired) electrons. The Labute approximate surface area is 170 Å². The largest absolute Gasteiger partial charge is 0.398 e. The molecule has 29 heavy (non-hydrogen) atoms. The number of nitro benzene ring substituents is 1. The van der Waals surface area contributed by atoms with Crippen molar-refractivity contribution in [3.05, 3.63) is 88.0 Å². The van der Waals surface area contributed by atoms with Crippen LogP contribution in [0.5, 0.6) is 0 Å². The fourth-order valence-corrected chi connectivity index (χ4v) is 4.41. The van der Waals surface area contributed by atoms with E-state index in [9.17, 15) is 19.1 Å². The third-order valence-electron chi connectivity index (χ3n) is 4.51. The normalized spacial score (nSPS) is 11.7. The van der Waals surface area contributed by atoms with Crippen LogP contribution >= 0.6 is 0 Å². The van der Waals surface area contributed by atoms with E-state index in [2.05, 4.69) is 0 Å². The van der Waals surface area contributed by atoms with E-state index in [1.54, 1.807) is 37.4 Å². The molecule has 1 amide bonds. The smallest absolute Gasteiger partial charge is 0.286 e. The van der Waals surface area contributed by atoms with E-state index in [4.69, 9.17) is 5.73 Å². The minimum absolute atomic E-state index is 0.00783. The average molecular weight is 409 g/mol. The number of aryl methyl sites for hydroxylation is 1. The lowest BCUT2D eigenvalue weighted by atomic mass is 10.1.